The third kappa shape index (κ3) is 4.02. The van der Waals surface area contributed by atoms with Crippen molar-refractivity contribution in [3.05, 3.63) is 145 Å². The van der Waals surface area contributed by atoms with Crippen LogP contribution in [0.5, 0.6) is 0 Å². The van der Waals surface area contributed by atoms with Crippen molar-refractivity contribution in [1.29, 1.82) is 0 Å². The first-order valence-corrected chi connectivity index (χ1v) is 17.9. The Kier molecular flexibility index (Phi) is 5.86. The predicted molar refractivity (Wildman–Crippen MR) is 216 cm³/mol. The van der Waals surface area contributed by atoms with Crippen LogP contribution in [-0.4, -0.2) is 9.13 Å². The molecule has 0 amide bonds. The number of hydrogen-bond donors (Lipinski definition) is 0. The standard InChI is InChI=1S/C48H40N2/c1-47(2,3)31-19-23-41-37(27-31)39-25-29-17-18-30-26-40-38-28-32(48(4,5)6)20-24-42(38)50(34-15-11-8-12-16-34)46(40)36-22-21-35(43(29)44(30)36)45(39)49(41)33-13-9-7-10-14-33/h7-28H,1-6H3. The smallest absolute Gasteiger partial charge is 0.0620 e. The van der Waals surface area contributed by atoms with E-state index in [0.717, 1.165) is 0 Å². The van der Waals surface area contributed by atoms with Crippen LogP contribution in [-0.2, 0) is 10.8 Å². The average Bonchev–Trinajstić information content (AvgIpc) is 3.62. The first-order valence-electron chi connectivity index (χ1n) is 17.9. The highest BCUT2D eigenvalue weighted by molar-refractivity contribution is 6.36. The number of nitrogens with zero attached hydrogens (tertiary/aromatic N) is 2. The second-order valence-electron chi connectivity index (χ2n) is 16.3. The molecule has 2 heterocycles. The SMILES string of the molecule is CC(C)(C)c1ccc2c(c1)c1cc3ccc4cc5c6cc(C(C)(C)C)ccc6n(-c6ccccc6)c5c5ccc(c3c45)c1n2-c1ccccc1. The zero-order valence-corrected chi connectivity index (χ0v) is 29.6. The Morgan fingerprint density at radius 2 is 0.760 bits per heavy atom. The van der Waals surface area contributed by atoms with Gasteiger partial charge < -0.3 is 9.13 Å². The normalized spacial score (nSPS) is 13.0. The molecule has 2 heteroatoms. The first kappa shape index (κ1) is 29.3. The number of rotatable bonds is 2. The molecule has 0 fully saturated rings. The highest BCUT2D eigenvalue weighted by Gasteiger charge is 2.24. The van der Waals surface area contributed by atoms with Crippen LogP contribution in [0.25, 0.3) is 87.3 Å². The third-order valence-electron chi connectivity index (χ3n) is 11.1. The van der Waals surface area contributed by atoms with Crippen molar-refractivity contribution >= 4 is 75.9 Å². The minimum atomic E-state index is 0.0573. The van der Waals surface area contributed by atoms with Gasteiger partial charge in [-0.25, -0.2) is 0 Å². The molecule has 8 aromatic carbocycles. The van der Waals surface area contributed by atoms with Crippen LogP contribution in [0.3, 0.4) is 0 Å². The number of benzene rings is 8. The lowest BCUT2D eigenvalue weighted by atomic mass is 9.86. The molecule has 0 radical (unpaired) electrons. The maximum Gasteiger partial charge on any atom is 0.0620 e. The van der Waals surface area contributed by atoms with E-state index in [9.17, 15) is 0 Å². The second kappa shape index (κ2) is 9.98. The van der Waals surface area contributed by atoms with E-state index in [1.165, 1.54) is 98.4 Å². The molecule has 10 aromatic rings. The van der Waals surface area contributed by atoms with Gasteiger partial charge in [0.2, 0.25) is 0 Å². The largest absolute Gasteiger partial charge is 0.309 e. The van der Waals surface area contributed by atoms with Crippen LogP contribution >= 0.6 is 0 Å². The molecule has 0 atom stereocenters. The molecule has 0 unspecified atom stereocenters. The average molecular weight is 645 g/mol. The van der Waals surface area contributed by atoms with E-state index in [0.29, 0.717) is 0 Å². The Labute approximate surface area is 292 Å². The lowest BCUT2D eigenvalue weighted by Crippen LogP contribution is -2.10. The molecule has 0 N–H and O–H groups in total. The number of aromatic nitrogens is 2. The lowest BCUT2D eigenvalue weighted by Gasteiger charge is -2.19. The van der Waals surface area contributed by atoms with Crippen LogP contribution in [0.4, 0.5) is 0 Å². The summed E-state index contributed by atoms with van der Waals surface area (Å²) in [7, 11) is 0. The molecule has 0 aliphatic rings. The number of para-hydroxylation sites is 2. The zero-order valence-electron chi connectivity index (χ0n) is 29.6. The van der Waals surface area contributed by atoms with Gasteiger partial charge in [0.15, 0.2) is 0 Å². The summed E-state index contributed by atoms with van der Waals surface area (Å²) in [6.07, 6.45) is 0. The molecular formula is C48H40N2. The predicted octanol–water partition coefficient (Wildman–Crippen LogP) is 13.4. The molecule has 0 aliphatic heterocycles. The van der Waals surface area contributed by atoms with Crippen LogP contribution in [0.1, 0.15) is 52.7 Å². The molecule has 242 valence electrons. The van der Waals surface area contributed by atoms with Crippen molar-refractivity contribution in [3.63, 3.8) is 0 Å². The van der Waals surface area contributed by atoms with Crippen LogP contribution in [0.2, 0.25) is 0 Å². The van der Waals surface area contributed by atoms with Crippen molar-refractivity contribution in [1.82, 2.24) is 9.13 Å². The zero-order chi connectivity index (χ0) is 34.1. The first-order chi connectivity index (χ1) is 24.1. The van der Waals surface area contributed by atoms with Crippen LogP contribution in [0.15, 0.2) is 133 Å². The van der Waals surface area contributed by atoms with Crippen molar-refractivity contribution in [2.45, 2.75) is 52.4 Å². The maximum absolute atomic E-state index is 2.49. The van der Waals surface area contributed by atoms with E-state index < -0.39 is 0 Å². The number of hydrogen-bond acceptors (Lipinski definition) is 0. The summed E-state index contributed by atoms with van der Waals surface area (Å²) in [5.74, 6) is 0. The summed E-state index contributed by atoms with van der Waals surface area (Å²) < 4.78 is 4.99. The van der Waals surface area contributed by atoms with E-state index in [-0.39, 0.29) is 10.8 Å². The van der Waals surface area contributed by atoms with Gasteiger partial charge >= 0.3 is 0 Å². The van der Waals surface area contributed by atoms with E-state index in [4.69, 9.17) is 0 Å². The maximum atomic E-state index is 2.49. The Morgan fingerprint density at radius 3 is 1.14 bits per heavy atom. The van der Waals surface area contributed by atoms with Gasteiger partial charge in [-0.15, -0.1) is 0 Å². The molecular weight excluding hydrogens is 605 g/mol. The van der Waals surface area contributed by atoms with Gasteiger partial charge in [-0.2, -0.15) is 0 Å². The van der Waals surface area contributed by atoms with Crippen molar-refractivity contribution < 1.29 is 0 Å². The molecule has 0 saturated heterocycles. The summed E-state index contributed by atoms with van der Waals surface area (Å²) >= 11 is 0. The lowest BCUT2D eigenvalue weighted by molar-refractivity contribution is 0.591. The van der Waals surface area contributed by atoms with Gasteiger partial charge in [-0.3, -0.25) is 0 Å². The Hall–Kier alpha value is -5.60. The fourth-order valence-corrected chi connectivity index (χ4v) is 8.57. The highest BCUT2D eigenvalue weighted by Crippen LogP contribution is 2.47. The minimum Gasteiger partial charge on any atom is -0.309 e. The van der Waals surface area contributed by atoms with Crippen LogP contribution in [0, 0.1) is 0 Å². The van der Waals surface area contributed by atoms with Gasteiger partial charge in [0.25, 0.3) is 0 Å². The molecule has 0 saturated carbocycles. The third-order valence-corrected chi connectivity index (χ3v) is 11.1. The Morgan fingerprint density at radius 1 is 0.360 bits per heavy atom. The molecule has 2 nitrogen and oxygen atoms in total. The van der Waals surface area contributed by atoms with E-state index >= 15 is 0 Å². The molecule has 0 spiro atoms. The van der Waals surface area contributed by atoms with Crippen molar-refractivity contribution in [3.8, 4) is 11.4 Å². The molecule has 2 aromatic heterocycles. The highest BCUT2D eigenvalue weighted by atomic mass is 15.0. The minimum absolute atomic E-state index is 0.0573. The Bertz CT molecular complexity index is 2760. The van der Waals surface area contributed by atoms with Gasteiger partial charge in [0.05, 0.1) is 22.1 Å². The van der Waals surface area contributed by atoms with E-state index in [1.54, 1.807) is 0 Å². The number of fused-ring (bicyclic) bond motifs is 8. The van der Waals surface area contributed by atoms with E-state index in [2.05, 4.69) is 184 Å². The summed E-state index contributed by atoms with van der Waals surface area (Å²) in [6, 6.07) is 50.4. The fraction of sp³-hybridized carbons (Fsp3) is 0.167. The summed E-state index contributed by atoms with van der Waals surface area (Å²) in [6.45, 7) is 13.8. The monoisotopic (exact) mass is 644 g/mol. The quantitative estimate of drug-likeness (QED) is 0.166. The molecule has 10 rings (SSSR count). The summed E-state index contributed by atoms with van der Waals surface area (Å²) in [5, 5.41) is 13.1. The summed E-state index contributed by atoms with van der Waals surface area (Å²) in [4.78, 5) is 0. The van der Waals surface area contributed by atoms with Crippen LogP contribution < -0.4 is 0 Å². The van der Waals surface area contributed by atoms with Crippen molar-refractivity contribution in [2.75, 3.05) is 0 Å². The van der Waals surface area contributed by atoms with Gasteiger partial charge in [0, 0.05) is 43.7 Å². The summed E-state index contributed by atoms with van der Waals surface area (Å²) in [5.41, 5.74) is 10.2. The second-order valence-corrected chi connectivity index (χ2v) is 16.3. The topological polar surface area (TPSA) is 9.86 Å². The molecule has 0 aliphatic carbocycles. The van der Waals surface area contributed by atoms with E-state index in [1.807, 2.05) is 0 Å². The fourth-order valence-electron chi connectivity index (χ4n) is 8.57. The van der Waals surface area contributed by atoms with Gasteiger partial charge in [-0.1, -0.05) is 114 Å². The van der Waals surface area contributed by atoms with Crippen molar-refractivity contribution in [2.24, 2.45) is 0 Å². The van der Waals surface area contributed by atoms with Gasteiger partial charge in [0.1, 0.15) is 0 Å². The van der Waals surface area contributed by atoms with Gasteiger partial charge in [-0.05, 0) is 104 Å². The molecule has 50 heavy (non-hydrogen) atoms. The molecule has 0 bridgehead atoms. The Balaban J connectivity index is 1.40.